The molecule has 0 unspecified atom stereocenters. The zero-order chi connectivity index (χ0) is 13.9. The Morgan fingerprint density at radius 3 is 2.89 bits per heavy atom. The molecule has 11 heteroatoms. The van der Waals surface area contributed by atoms with E-state index in [0.29, 0.717) is 12.2 Å². The van der Waals surface area contributed by atoms with Crippen LogP contribution >= 0.6 is 11.3 Å². The van der Waals surface area contributed by atoms with Crippen molar-refractivity contribution < 1.29 is 18.3 Å². The zero-order valence-corrected chi connectivity index (χ0v) is 11.0. The maximum atomic E-state index is 11.9. The summed E-state index contributed by atoms with van der Waals surface area (Å²) in [6.07, 6.45) is 1.63. The smallest absolute Gasteiger partial charge is 0.356 e. The molecule has 0 aliphatic carbocycles. The summed E-state index contributed by atoms with van der Waals surface area (Å²) >= 11 is 0.755. The third kappa shape index (κ3) is 3.13. The van der Waals surface area contributed by atoms with Crippen molar-refractivity contribution in [2.24, 2.45) is 0 Å². The van der Waals surface area contributed by atoms with Gasteiger partial charge in [0.05, 0.1) is 5.51 Å². The van der Waals surface area contributed by atoms with Gasteiger partial charge in [-0.3, -0.25) is 5.10 Å². The second-order valence-corrected chi connectivity index (χ2v) is 6.19. The summed E-state index contributed by atoms with van der Waals surface area (Å²) in [6.45, 7) is 0.0779. The van der Waals surface area contributed by atoms with E-state index in [9.17, 15) is 13.2 Å². The van der Waals surface area contributed by atoms with E-state index in [2.05, 4.69) is 24.9 Å². The Kier molecular flexibility index (Phi) is 3.87. The average molecular weight is 303 g/mol. The SMILES string of the molecule is O=C(O)c1ncsc1S(=O)(=O)NCCc1ncn[nH]1. The minimum absolute atomic E-state index is 0.0779. The Bertz CT molecular complexity index is 663. The Morgan fingerprint density at radius 1 is 1.47 bits per heavy atom. The highest BCUT2D eigenvalue weighted by Crippen LogP contribution is 2.19. The molecule has 102 valence electrons. The molecule has 2 heterocycles. The molecule has 0 spiro atoms. The normalized spacial score (nSPS) is 11.6. The molecule has 3 N–H and O–H groups in total. The molecular weight excluding hydrogens is 294 g/mol. The number of thiazole rings is 1. The third-order valence-corrected chi connectivity index (χ3v) is 4.93. The van der Waals surface area contributed by atoms with Gasteiger partial charge in [-0.2, -0.15) is 5.10 Å². The van der Waals surface area contributed by atoms with E-state index < -0.39 is 21.7 Å². The zero-order valence-electron chi connectivity index (χ0n) is 9.40. The molecule has 0 aliphatic rings. The topological polar surface area (TPSA) is 138 Å². The van der Waals surface area contributed by atoms with Crippen LogP contribution in [0.15, 0.2) is 16.0 Å². The second kappa shape index (κ2) is 5.42. The third-order valence-electron chi connectivity index (χ3n) is 2.10. The fourth-order valence-corrected chi connectivity index (χ4v) is 3.50. The predicted molar refractivity (Wildman–Crippen MR) is 64.3 cm³/mol. The molecule has 0 radical (unpaired) electrons. The van der Waals surface area contributed by atoms with E-state index in [4.69, 9.17) is 5.11 Å². The van der Waals surface area contributed by atoms with E-state index in [-0.39, 0.29) is 10.8 Å². The number of rotatable bonds is 6. The van der Waals surface area contributed by atoms with Crippen LogP contribution < -0.4 is 4.72 Å². The molecule has 0 fully saturated rings. The van der Waals surface area contributed by atoms with Crippen molar-refractivity contribution in [3.63, 3.8) is 0 Å². The molecule has 9 nitrogen and oxygen atoms in total. The highest BCUT2D eigenvalue weighted by molar-refractivity contribution is 7.91. The number of aromatic carboxylic acids is 1. The number of nitrogens with zero attached hydrogens (tertiary/aromatic N) is 3. The van der Waals surface area contributed by atoms with Gasteiger partial charge in [0.1, 0.15) is 12.2 Å². The van der Waals surface area contributed by atoms with Crippen LogP contribution in [0, 0.1) is 0 Å². The number of carbonyl (C=O) groups is 1. The van der Waals surface area contributed by atoms with E-state index in [0.717, 1.165) is 11.3 Å². The monoisotopic (exact) mass is 303 g/mol. The van der Waals surface area contributed by atoms with Crippen molar-refractivity contribution >= 4 is 27.3 Å². The van der Waals surface area contributed by atoms with Gasteiger partial charge in [0.15, 0.2) is 9.90 Å². The summed E-state index contributed by atoms with van der Waals surface area (Å²) in [5, 5.41) is 15.0. The maximum Gasteiger partial charge on any atom is 0.356 e. The fourth-order valence-electron chi connectivity index (χ4n) is 1.29. The van der Waals surface area contributed by atoms with Crippen LogP contribution in [0.2, 0.25) is 0 Å². The van der Waals surface area contributed by atoms with Gasteiger partial charge in [0.25, 0.3) is 10.0 Å². The van der Waals surface area contributed by atoms with Crippen LogP contribution in [0.5, 0.6) is 0 Å². The quantitative estimate of drug-likeness (QED) is 0.652. The van der Waals surface area contributed by atoms with E-state index in [1.165, 1.54) is 11.8 Å². The number of aromatic amines is 1. The lowest BCUT2D eigenvalue weighted by molar-refractivity contribution is 0.0687. The van der Waals surface area contributed by atoms with Crippen molar-refractivity contribution in [1.29, 1.82) is 0 Å². The van der Waals surface area contributed by atoms with Crippen LogP contribution in [0.4, 0.5) is 0 Å². The van der Waals surface area contributed by atoms with Gasteiger partial charge >= 0.3 is 5.97 Å². The summed E-state index contributed by atoms with van der Waals surface area (Å²) in [7, 11) is -3.88. The lowest BCUT2D eigenvalue weighted by Gasteiger charge is -2.03. The molecule has 0 aliphatic heterocycles. The first kappa shape index (κ1) is 13.6. The van der Waals surface area contributed by atoms with Gasteiger partial charge in [-0.05, 0) is 0 Å². The van der Waals surface area contributed by atoms with Crippen LogP contribution in [0.1, 0.15) is 16.3 Å². The number of carboxylic acid groups (broad SMARTS) is 1. The molecule has 0 aromatic carbocycles. The summed E-state index contributed by atoms with van der Waals surface area (Å²) in [5.41, 5.74) is 0.700. The first-order valence-electron chi connectivity index (χ1n) is 5.01. The van der Waals surface area contributed by atoms with Gasteiger partial charge in [0, 0.05) is 13.0 Å². The van der Waals surface area contributed by atoms with E-state index in [1.54, 1.807) is 0 Å². The number of nitrogens with one attached hydrogen (secondary N) is 2. The number of hydrogen-bond donors (Lipinski definition) is 3. The van der Waals surface area contributed by atoms with Crippen LogP contribution in [-0.4, -0.2) is 46.2 Å². The van der Waals surface area contributed by atoms with Crippen molar-refractivity contribution in [3.05, 3.63) is 23.4 Å². The molecule has 2 rings (SSSR count). The maximum absolute atomic E-state index is 11.9. The lowest BCUT2D eigenvalue weighted by Crippen LogP contribution is -2.27. The highest BCUT2D eigenvalue weighted by Gasteiger charge is 2.25. The van der Waals surface area contributed by atoms with Crippen molar-refractivity contribution in [2.45, 2.75) is 10.6 Å². The molecule has 19 heavy (non-hydrogen) atoms. The first-order chi connectivity index (χ1) is 9.00. The second-order valence-electron chi connectivity index (χ2n) is 3.37. The van der Waals surface area contributed by atoms with Gasteiger partial charge < -0.3 is 5.11 Å². The van der Waals surface area contributed by atoms with Gasteiger partial charge in [-0.1, -0.05) is 0 Å². The van der Waals surface area contributed by atoms with E-state index >= 15 is 0 Å². The molecule has 0 bridgehead atoms. The van der Waals surface area contributed by atoms with Gasteiger partial charge in [0.2, 0.25) is 0 Å². The van der Waals surface area contributed by atoms with Crippen LogP contribution in [0.3, 0.4) is 0 Å². The largest absolute Gasteiger partial charge is 0.476 e. The van der Waals surface area contributed by atoms with Gasteiger partial charge in [-0.25, -0.2) is 27.9 Å². The minimum atomic E-state index is -3.88. The number of H-pyrrole nitrogens is 1. The summed E-state index contributed by atoms with van der Waals surface area (Å²) in [4.78, 5) is 18.2. The standard InChI is InChI=1S/C8H9N5O4S2/c14-7(15)6-8(18-4-10-6)19(16,17)12-2-1-5-9-3-11-13-5/h3-4,12H,1-2H2,(H,14,15)(H,9,11,13). The van der Waals surface area contributed by atoms with E-state index in [1.807, 2.05) is 0 Å². The summed E-state index contributed by atoms with van der Waals surface area (Å²) in [6, 6.07) is 0. The molecule has 0 atom stereocenters. The van der Waals surface area contributed by atoms with Crippen LogP contribution in [-0.2, 0) is 16.4 Å². The molecule has 2 aromatic heterocycles. The van der Waals surface area contributed by atoms with Crippen molar-refractivity contribution in [2.75, 3.05) is 6.54 Å². The Hall–Kier alpha value is -1.85. The number of hydrogen-bond acceptors (Lipinski definition) is 7. The Morgan fingerprint density at radius 2 is 2.26 bits per heavy atom. The average Bonchev–Trinajstić information content (AvgIpc) is 2.99. The molecular formula is C8H9N5O4S2. The minimum Gasteiger partial charge on any atom is -0.476 e. The molecule has 0 amide bonds. The van der Waals surface area contributed by atoms with Crippen molar-refractivity contribution in [1.82, 2.24) is 24.9 Å². The Labute approximate surface area is 111 Å². The predicted octanol–water partition coefficient (Wildman–Crippen LogP) is -0.520. The summed E-state index contributed by atoms with van der Waals surface area (Å²) in [5.74, 6) is -0.845. The van der Waals surface area contributed by atoms with Gasteiger partial charge in [-0.15, -0.1) is 11.3 Å². The first-order valence-corrected chi connectivity index (χ1v) is 7.37. The number of aromatic nitrogens is 4. The fraction of sp³-hybridized carbons (Fsp3) is 0.250. The van der Waals surface area contributed by atoms with Crippen molar-refractivity contribution in [3.8, 4) is 0 Å². The molecule has 0 saturated carbocycles. The Balaban J connectivity index is 2.06. The molecule has 2 aromatic rings. The number of carboxylic acids is 1. The highest BCUT2D eigenvalue weighted by atomic mass is 32.2. The van der Waals surface area contributed by atoms with Crippen LogP contribution in [0.25, 0.3) is 0 Å². The summed E-state index contributed by atoms with van der Waals surface area (Å²) < 4.78 is 25.8. The lowest BCUT2D eigenvalue weighted by atomic mass is 10.4. The number of sulfonamides is 1. The molecule has 0 saturated heterocycles.